The van der Waals surface area contributed by atoms with E-state index in [-0.39, 0.29) is 18.4 Å². The van der Waals surface area contributed by atoms with E-state index < -0.39 is 0 Å². The van der Waals surface area contributed by atoms with Crippen molar-refractivity contribution in [1.29, 1.82) is 0 Å². The number of nitrogen functional groups attached to an aromatic ring is 1. The Morgan fingerprint density at radius 2 is 2.19 bits per heavy atom. The summed E-state index contributed by atoms with van der Waals surface area (Å²) < 4.78 is 0. The van der Waals surface area contributed by atoms with Crippen molar-refractivity contribution in [3.63, 3.8) is 0 Å². The van der Waals surface area contributed by atoms with Crippen LogP contribution >= 0.6 is 0 Å². The molecule has 2 heterocycles. The highest BCUT2D eigenvalue weighted by Crippen LogP contribution is 2.20. The van der Waals surface area contributed by atoms with Gasteiger partial charge in [0.1, 0.15) is 6.54 Å². The predicted molar refractivity (Wildman–Crippen MR) is 78.7 cm³/mol. The molecule has 0 unspecified atom stereocenters. The molecule has 110 valence electrons. The van der Waals surface area contributed by atoms with Crippen molar-refractivity contribution in [1.82, 2.24) is 20.0 Å². The van der Waals surface area contributed by atoms with Gasteiger partial charge in [-0.2, -0.15) is 5.10 Å². The highest BCUT2D eigenvalue weighted by molar-refractivity contribution is 6.06. The van der Waals surface area contributed by atoms with Crippen LogP contribution in [0.1, 0.15) is 16.9 Å². The number of aromatic nitrogens is 2. The molecule has 0 bridgehead atoms. The molecule has 1 aromatic heterocycles. The molecule has 7 nitrogen and oxygen atoms in total. The van der Waals surface area contributed by atoms with Crippen LogP contribution in [0.15, 0.2) is 18.2 Å². The molecule has 1 saturated heterocycles. The number of nitrogens with two attached hydrogens (primary N) is 1. The molecule has 3 rings (SSSR count). The Hall–Kier alpha value is -2.57. The summed E-state index contributed by atoms with van der Waals surface area (Å²) in [5.41, 5.74) is 7.41. The number of hydrogen-bond donors (Lipinski definition) is 2. The van der Waals surface area contributed by atoms with Gasteiger partial charge in [0.15, 0.2) is 5.69 Å². The number of nitrogens with one attached hydrogen (secondary N) is 1. The molecule has 0 spiro atoms. The van der Waals surface area contributed by atoms with Gasteiger partial charge >= 0.3 is 0 Å². The third kappa shape index (κ3) is 2.42. The van der Waals surface area contributed by atoms with Crippen LogP contribution in [0.2, 0.25) is 0 Å². The molecule has 1 aromatic carbocycles. The van der Waals surface area contributed by atoms with Gasteiger partial charge in [0, 0.05) is 31.2 Å². The fraction of sp³-hybridized carbons (Fsp3) is 0.357. The summed E-state index contributed by atoms with van der Waals surface area (Å²) in [4.78, 5) is 27.7. The van der Waals surface area contributed by atoms with E-state index in [1.807, 2.05) is 0 Å². The zero-order valence-corrected chi connectivity index (χ0v) is 11.8. The van der Waals surface area contributed by atoms with Crippen LogP contribution in [0.5, 0.6) is 0 Å². The SMILES string of the molecule is CN1CCCN(C(=O)c2n[nH]c3ccc(N)cc23)CC1=O. The van der Waals surface area contributed by atoms with E-state index in [2.05, 4.69) is 10.2 Å². The van der Waals surface area contributed by atoms with E-state index in [1.165, 1.54) is 0 Å². The third-order valence-electron chi connectivity index (χ3n) is 3.75. The molecule has 2 aromatic rings. The second-order valence-electron chi connectivity index (χ2n) is 5.27. The largest absolute Gasteiger partial charge is 0.399 e. The monoisotopic (exact) mass is 287 g/mol. The number of benzene rings is 1. The van der Waals surface area contributed by atoms with Crippen LogP contribution in [-0.2, 0) is 4.79 Å². The van der Waals surface area contributed by atoms with Crippen molar-refractivity contribution in [2.24, 2.45) is 0 Å². The lowest BCUT2D eigenvalue weighted by Crippen LogP contribution is -2.38. The molecule has 0 atom stereocenters. The molecule has 0 aliphatic carbocycles. The van der Waals surface area contributed by atoms with Crippen molar-refractivity contribution < 1.29 is 9.59 Å². The van der Waals surface area contributed by atoms with Crippen LogP contribution < -0.4 is 5.73 Å². The Bertz CT molecular complexity index is 708. The smallest absolute Gasteiger partial charge is 0.275 e. The van der Waals surface area contributed by atoms with E-state index in [4.69, 9.17) is 5.73 Å². The molecule has 7 heteroatoms. The summed E-state index contributed by atoms with van der Waals surface area (Å²) in [6, 6.07) is 5.26. The fourth-order valence-electron chi connectivity index (χ4n) is 2.50. The first-order valence-electron chi connectivity index (χ1n) is 6.83. The third-order valence-corrected chi connectivity index (χ3v) is 3.75. The van der Waals surface area contributed by atoms with Gasteiger partial charge in [-0.25, -0.2) is 0 Å². The number of anilines is 1. The molecule has 0 radical (unpaired) electrons. The van der Waals surface area contributed by atoms with Crippen molar-refractivity contribution >= 4 is 28.4 Å². The normalized spacial score (nSPS) is 16.3. The second-order valence-corrected chi connectivity index (χ2v) is 5.27. The zero-order valence-electron chi connectivity index (χ0n) is 11.8. The maximum Gasteiger partial charge on any atom is 0.275 e. The van der Waals surface area contributed by atoms with Crippen LogP contribution in [-0.4, -0.2) is 58.5 Å². The number of rotatable bonds is 1. The summed E-state index contributed by atoms with van der Waals surface area (Å²) in [5.74, 6) is -0.296. The minimum Gasteiger partial charge on any atom is -0.399 e. The van der Waals surface area contributed by atoms with E-state index >= 15 is 0 Å². The number of carbonyl (C=O) groups is 2. The summed E-state index contributed by atoms with van der Waals surface area (Å²) in [7, 11) is 1.75. The minimum atomic E-state index is -0.240. The number of H-pyrrole nitrogens is 1. The Labute approximate surface area is 121 Å². The van der Waals surface area contributed by atoms with Gasteiger partial charge in [-0.3, -0.25) is 14.7 Å². The number of fused-ring (bicyclic) bond motifs is 1. The number of nitrogens with zero attached hydrogens (tertiary/aromatic N) is 3. The maximum atomic E-state index is 12.6. The zero-order chi connectivity index (χ0) is 15.0. The molecular weight excluding hydrogens is 270 g/mol. The van der Waals surface area contributed by atoms with Crippen molar-refractivity contribution in [3.05, 3.63) is 23.9 Å². The molecule has 21 heavy (non-hydrogen) atoms. The number of aromatic amines is 1. The molecule has 1 fully saturated rings. The Kier molecular flexibility index (Phi) is 3.25. The topological polar surface area (TPSA) is 95.3 Å². The van der Waals surface area contributed by atoms with Crippen LogP contribution in [0.25, 0.3) is 10.9 Å². The average molecular weight is 287 g/mol. The standard InChI is InChI=1S/C14H17N5O2/c1-18-5-2-6-19(8-12(18)20)14(21)13-10-7-9(15)3-4-11(10)16-17-13/h3-4,7H,2,5-6,8,15H2,1H3,(H,16,17). The van der Waals surface area contributed by atoms with Crippen LogP contribution in [0.3, 0.4) is 0 Å². The van der Waals surface area contributed by atoms with Crippen molar-refractivity contribution in [2.75, 3.05) is 32.4 Å². The second kappa shape index (κ2) is 5.08. The first kappa shape index (κ1) is 13.4. The lowest BCUT2D eigenvalue weighted by atomic mass is 10.1. The van der Waals surface area contributed by atoms with Gasteiger partial charge in [-0.05, 0) is 24.6 Å². The van der Waals surface area contributed by atoms with Crippen LogP contribution in [0.4, 0.5) is 5.69 Å². The molecule has 0 saturated carbocycles. The van der Waals surface area contributed by atoms with E-state index in [0.29, 0.717) is 29.9 Å². The first-order chi connectivity index (χ1) is 10.1. The summed E-state index contributed by atoms with van der Waals surface area (Å²) in [6.45, 7) is 1.30. The number of likely N-dealkylation sites (N-methyl/N-ethyl adjacent to an activating group) is 1. The summed E-state index contributed by atoms with van der Waals surface area (Å²) >= 11 is 0. The first-order valence-corrected chi connectivity index (χ1v) is 6.83. The molecule has 1 aliphatic rings. The fourth-order valence-corrected chi connectivity index (χ4v) is 2.50. The Balaban J connectivity index is 1.93. The van der Waals surface area contributed by atoms with Crippen molar-refractivity contribution in [2.45, 2.75) is 6.42 Å². The summed E-state index contributed by atoms with van der Waals surface area (Å²) in [6.07, 6.45) is 0.762. The Morgan fingerprint density at radius 3 is 3.00 bits per heavy atom. The highest BCUT2D eigenvalue weighted by atomic mass is 16.2. The maximum absolute atomic E-state index is 12.6. The minimum absolute atomic E-state index is 0.0554. The van der Waals surface area contributed by atoms with E-state index in [0.717, 1.165) is 11.9 Å². The number of amides is 2. The van der Waals surface area contributed by atoms with Crippen molar-refractivity contribution in [3.8, 4) is 0 Å². The number of carbonyl (C=O) groups excluding carboxylic acids is 2. The lowest BCUT2D eigenvalue weighted by Gasteiger charge is -2.18. The Morgan fingerprint density at radius 1 is 1.38 bits per heavy atom. The number of hydrogen-bond acceptors (Lipinski definition) is 4. The van der Waals surface area contributed by atoms with Gasteiger partial charge in [0.2, 0.25) is 5.91 Å². The van der Waals surface area contributed by atoms with Gasteiger partial charge in [0.05, 0.1) is 5.52 Å². The lowest BCUT2D eigenvalue weighted by molar-refractivity contribution is -0.129. The summed E-state index contributed by atoms with van der Waals surface area (Å²) in [5, 5.41) is 7.60. The van der Waals surface area contributed by atoms with Gasteiger partial charge in [0.25, 0.3) is 5.91 Å². The van der Waals surface area contributed by atoms with E-state index in [9.17, 15) is 9.59 Å². The average Bonchev–Trinajstić information content (AvgIpc) is 2.79. The van der Waals surface area contributed by atoms with Gasteiger partial charge < -0.3 is 15.5 Å². The quantitative estimate of drug-likeness (QED) is 0.744. The van der Waals surface area contributed by atoms with Crippen LogP contribution in [0, 0.1) is 0 Å². The predicted octanol–water partition coefficient (Wildman–Crippen LogP) is 0.449. The highest BCUT2D eigenvalue weighted by Gasteiger charge is 2.26. The molecule has 3 N–H and O–H groups in total. The molecular formula is C14H17N5O2. The molecule has 2 amide bonds. The van der Waals surface area contributed by atoms with Gasteiger partial charge in [-0.1, -0.05) is 0 Å². The van der Waals surface area contributed by atoms with E-state index in [1.54, 1.807) is 35.0 Å². The van der Waals surface area contributed by atoms with Gasteiger partial charge in [-0.15, -0.1) is 0 Å². The molecule has 1 aliphatic heterocycles.